The zero-order valence-corrected chi connectivity index (χ0v) is 21.7. The highest BCUT2D eigenvalue weighted by Crippen LogP contribution is 2.33. The average molecular weight is 525 g/mol. The molecule has 200 valence electrons. The number of nitrogens with one attached hydrogen (secondary N) is 2. The maximum absolute atomic E-state index is 14.7. The molecule has 0 bridgehead atoms. The molecule has 1 aliphatic heterocycles. The predicted octanol–water partition coefficient (Wildman–Crippen LogP) is 4.70. The second-order valence-electron chi connectivity index (χ2n) is 9.52. The van der Waals surface area contributed by atoms with E-state index in [0.29, 0.717) is 18.0 Å². The van der Waals surface area contributed by atoms with Crippen molar-refractivity contribution in [3.05, 3.63) is 75.6 Å². The molecule has 2 aromatic carbocycles. The Morgan fingerprint density at radius 1 is 1.13 bits per heavy atom. The number of aliphatic carboxylic acids is 1. The minimum atomic E-state index is -1.42. The summed E-state index contributed by atoms with van der Waals surface area (Å²) in [5.74, 6) is -4.09. The Hall–Kier alpha value is -3.92. The summed E-state index contributed by atoms with van der Waals surface area (Å²) in [7, 11) is 0. The first-order valence-corrected chi connectivity index (χ1v) is 12.4. The molecule has 1 amide bonds. The fraction of sp³-hybridized carbons (Fsp3) is 0.357. The number of amides is 1. The van der Waals surface area contributed by atoms with Gasteiger partial charge in [0.15, 0.2) is 5.82 Å². The fourth-order valence-corrected chi connectivity index (χ4v) is 4.31. The van der Waals surface area contributed by atoms with Crippen molar-refractivity contribution in [3.63, 3.8) is 0 Å². The largest absolute Gasteiger partial charge is 0.480 e. The van der Waals surface area contributed by atoms with Gasteiger partial charge in [-0.15, -0.1) is 0 Å². The molecule has 0 aliphatic carbocycles. The first-order chi connectivity index (χ1) is 18.1. The number of carboxylic acid groups (broad SMARTS) is 1. The number of aromatic nitrogens is 2. The third-order valence-corrected chi connectivity index (χ3v) is 6.81. The standard InChI is InChI=1S/C28H30F2N4O4/c1-5-15(3)32-18-9-22(29)25(23(30)10-18)27(35)34-24(28(36)37)8-17-6-7-19(21-13-38-12-20(17)21)26-31-11-14(2)16(4)33-26/h6-7,9-11,15,24,32H,5,8,12-13H2,1-4H3,(H,34,35)(H,36,37)/t15-,24-/m0/s1. The molecule has 0 saturated heterocycles. The zero-order valence-electron chi connectivity index (χ0n) is 21.7. The van der Waals surface area contributed by atoms with Gasteiger partial charge in [0.1, 0.15) is 23.2 Å². The molecule has 0 saturated carbocycles. The van der Waals surface area contributed by atoms with Gasteiger partial charge in [0, 0.05) is 35.6 Å². The van der Waals surface area contributed by atoms with E-state index < -0.39 is 35.1 Å². The van der Waals surface area contributed by atoms with E-state index >= 15 is 0 Å². The van der Waals surface area contributed by atoms with Crippen LogP contribution in [0.5, 0.6) is 0 Å². The number of aryl methyl sites for hydroxylation is 2. The normalized spacial score (nSPS) is 14.1. The van der Waals surface area contributed by atoms with Gasteiger partial charge in [0.2, 0.25) is 0 Å². The van der Waals surface area contributed by atoms with E-state index in [0.717, 1.165) is 46.5 Å². The van der Waals surface area contributed by atoms with Gasteiger partial charge in [0.05, 0.1) is 13.2 Å². The molecule has 1 aliphatic rings. The van der Waals surface area contributed by atoms with Crippen molar-refractivity contribution >= 4 is 17.6 Å². The Bertz CT molecular complexity index is 1370. The SMILES string of the molecule is CC[C@H](C)Nc1cc(F)c(C(=O)N[C@@H](Cc2ccc(-c3ncc(C)c(C)n3)c3c2COC3)C(=O)O)c(F)c1. The fourth-order valence-electron chi connectivity index (χ4n) is 4.31. The van der Waals surface area contributed by atoms with Gasteiger partial charge in [-0.1, -0.05) is 19.1 Å². The molecule has 0 radical (unpaired) electrons. The van der Waals surface area contributed by atoms with Crippen LogP contribution in [0.2, 0.25) is 0 Å². The Balaban J connectivity index is 1.58. The van der Waals surface area contributed by atoms with Crippen LogP contribution >= 0.6 is 0 Å². The summed E-state index contributed by atoms with van der Waals surface area (Å²) in [5.41, 5.74) is 4.26. The number of carboxylic acids is 1. The topological polar surface area (TPSA) is 113 Å². The lowest BCUT2D eigenvalue weighted by Crippen LogP contribution is -2.43. The number of hydrogen-bond acceptors (Lipinski definition) is 6. The molecule has 0 spiro atoms. The van der Waals surface area contributed by atoms with E-state index in [1.165, 1.54) is 0 Å². The summed E-state index contributed by atoms with van der Waals surface area (Å²) < 4.78 is 35.1. The van der Waals surface area contributed by atoms with E-state index in [9.17, 15) is 23.5 Å². The number of carbonyl (C=O) groups is 2. The van der Waals surface area contributed by atoms with Gasteiger partial charge in [-0.2, -0.15) is 0 Å². The van der Waals surface area contributed by atoms with E-state index in [2.05, 4.69) is 20.6 Å². The number of rotatable bonds is 9. The molecule has 8 nitrogen and oxygen atoms in total. The molecule has 0 fully saturated rings. The lowest BCUT2D eigenvalue weighted by molar-refractivity contribution is -0.139. The molecule has 38 heavy (non-hydrogen) atoms. The molecule has 10 heteroatoms. The molecule has 2 atom stereocenters. The van der Waals surface area contributed by atoms with Gasteiger partial charge >= 0.3 is 5.97 Å². The van der Waals surface area contributed by atoms with E-state index in [1.54, 1.807) is 18.3 Å². The van der Waals surface area contributed by atoms with E-state index in [-0.39, 0.29) is 24.8 Å². The summed E-state index contributed by atoms with van der Waals surface area (Å²) in [5, 5.41) is 15.0. The second-order valence-corrected chi connectivity index (χ2v) is 9.52. The highest BCUT2D eigenvalue weighted by molar-refractivity contribution is 5.97. The predicted molar refractivity (Wildman–Crippen MR) is 138 cm³/mol. The van der Waals surface area contributed by atoms with Crippen molar-refractivity contribution in [1.82, 2.24) is 15.3 Å². The smallest absolute Gasteiger partial charge is 0.326 e. The van der Waals surface area contributed by atoms with E-state index in [4.69, 9.17) is 4.74 Å². The first-order valence-electron chi connectivity index (χ1n) is 12.4. The van der Waals surface area contributed by atoms with Crippen LogP contribution in [0, 0.1) is 25.5 Å². The summed E-state index contributed by atoms with van der Waals surface area (Å²) in [4.78, 5) is 33.8. The summed E-state index contributed by atoms with van der Waals surface area (Å²) >= 11 is 0. The Kier molecular flexibility index (Phi) is 8.01. The molecular formula is C28H30F2N4O4. The number of benzene rings is 2. The second kappa shape index (κ2) is 11.2. The Labute approximate surface area is 219 Å². The van der Waals surface area contributed by atoms with Gasteiger partial charge in [-0.25, -0.2) is 23.5 Å². The molecule has 1 aromatic heterocycles. The summed E-state index contributed by atoms with van der Waals surface area (Å²) in [6.07, 6.45) is 2.38. The third-order valence-electron chi connectivity index (χ3n) is 6.81. The van der Waals surface area contributed by atoms with Gasteiger partial charge in [0.25, 0.3) is 5.91 Å². The highest BCUT2D eigenvalue weighted by atomic mass is 19.1. The number of hydrogen-bond donors (Lipinski definition) is 3. The average Bonchev–Trinajstić information content (AvgIpc) is 3.35. The Morgan fingerprint density at radius 2 is 1.82 bits per heavy atom. The summed E-state index contributed by atoms with van der Waals surface area (Å²) in [6, 6.07) is 4.15. The molecule has 2 heterocycles. The van der Waals surface area contributed by atoms with Crippen LogP contribution in [0.25, 0.3) is 11.4 Å². The van der Waals surface area contributed by atoms with Gasteiger partial charge in [-0.05, 0) is 61.6 Å². The quantitative estimate of drug-likeness (QED) is 0.372. The number of anilines is 1. The van der Waals surface area contributed by atoms with Crippen molar-refractivity contribution < 1.29 is 28.2 Å². The first kappa shape index (κ1) is 27.1. The van der Waals surface area contributed by atoms with Crippen molar-refractivity contribution in [1.29, 1.82) is 0 Å². The van der Waals surface area contributed by atoms with Gasteiger partial charge in [-0.3, -0.25) is 4.79 Å². The number of halogens is 2. The molecule has 4 rings (SSSR count). The van der Waals surface area contributed by atoms with Crippen molar-refractivity contribution in [3.8, 4) is 11.4 Å². The molecule has 3 N–H and O–H groups in total. The van der Waals surface area contributed by atoms with Crippen LogP contribution in [0.3, 0.4) is 0 Å². The Morgan fingerprint density at radius 3 is 2.45 bits per heavy atom. The van der Waals surface area contributed by atoms with Crippen LogP contribution in [-0.4, -0.2) is 39.0 Å². The summed E-state index contributed by atoms with van der Waals surface area (Å²) in [6.45, 7) is 8.17. The number of ether oxygens (including phenoxy) is 1. The van der Waals surface area contributed by atoms with Crippen LogP contribution in [0.15, 0.2) is 30.5 Å². The molecular weight excluding hydrogens is 494 g/mol. The zero-order chi connectivity index (χ0) is 27.6. The number of carbonyl (C=O) groups excluding carboxylic acids is 1. The van der Waals surface area contributed by atoms with Crippen molar-refractivity contribution in [2.24, 2.45) is 0 Å². The van der Waals surface area contributed by atoms with Crippen LogP contribution in [0.4, 0.5) is 14.5 Å². The van der Waals surface area contributed by atoms with E-state index in [1.807, 2.05) is 27.7 Å². The highest BCUT2D eigenvalue weighted by Gasteiger charge is 2.28. The van der Waals surface area contributed by atoms with Crippen LogP contribution < -0.4 is 10.6 Å². The van der Waals surface area contributed by atoms with Crippen LogP contribution in [-0.2, 0) is 29.2 Å². The third kappa shape index (κ3) is 5.65. The maximum Gasteiger partial charge on any atom is 0.326 e. The minimum absolute atomic E-state index is 0.0245. The van der Waals surface area contributed by atoms with Gasteiger partial charge < -0.3 is 20.5 Å². The lowest BCUT2D eigenvalue weighted by atomic mass is 9.93. The lowest BCUT2D eigenvalue weighted by Gasteiger charge is -2.18. The van der Waals surface area contributed by atoms with Crippen LogP contribution in [0.1, 0.15) is 58.6 Å². The monoisotopic (exact) mass is 524 g/mol. The number of nitrogens with zero attached hydrogens (tertiary/aromatic N) is 2. The van der Waals surface area contributed by atoms with Crippen molar-refractivity contribution in [2.45, 2.75) is 65.8 Å². The minimum Gasteiger partial charge on any atom is -0.480 e. The number of fused-ring (bicyclic) bond motifs is 1. The maximum atomic E-state index is 14.7. The molecule has 0 unspecified atom stereocenters. The molecule has 3 aromatic rings. The van der Waals surface area contributed by atoms with Crippen molar-refractivity contribution in [2.75, 3.05) is 5.32 Å².